The number of carbonyl (C=O) groups is 4. The molecule has 9 heteroatoms. The zero-order valence-electron chi connectivity index (χ0n) is 34.2. The van der Waals surface area contributed by atoms with Gasteiger partial charge in [0.2, 0.25) is 0 Å². The molecule has 0 fully saturated rings. The Morgan fingerprint density at radius 3 is 1.14 bits per heavy atom. The van der Waals surface area contributed by atoms with Crippen molar-refractivity contribution >= 4 is 23.9 Å². The molecule has 0 bridgehead atoms. The van der Waals surface area contributed by atoms with Crippen LogP contribution in [0.1, 0.15) is 182 Å². The molecular formula is C42H79NO8. The predicted molar refractivity (Wildman–Crippen MR) is 206 cm³/mol. The number of hydrogen-bond acceptors (Lipinski definition) is 9. The van der Waals surface area contributed by atoms with Crippen molar-refractivity contribution < 1.29 is 38.1 Å². The van der Waals surface area contributed by atoms with Crippen molar-refractivity contribution in [3.63, 3.8) is 0 Å². The fourth-order valence-corrected chi connectivity index (χ4v) is 6.10. The highest BCUT2D eigenvalue weighted by molar-refractivity contribution is 5.73. The number of nitrogens with zero attached hydrogens (tertiary/aromatic N) is 1. The highest BCUT2D eigenvalue weighted by Crippen LogP contribution is 2.27. The monoisotopic (exact) mass is 726 g/mol. The minimum absolute atomic E-state index is 0.179. The van der Waals surface area contributed by atoms with E-state index in [9.17, 15) is 19.2 Å². The maximum absolute atomic E-state index is 13.7. The standard InChI is InChI=1S/C42H79NO8/c1-8-13-18-23-29-38(44)48-32-42(33-49-39(45)30-24-31-43(6)7,34-50-40(46)36(25-19-14-9-2)26-20-15-10-3)35-51-41(47)37(27-21-16-11-4)28-22-17-12-5/h36-37H,8-35H2,1-7H3. The summed E-state index contributed by atoms with van der Waals surface area (Å²) in [4.78, 5) is 55.2. The van der Waals surface area contributed by atoms with Gasteiger partial charge in [-0.1, -0.05) is 131 Å². The summed E-state index contributed by atoms with van der Waals surface area (Å²) in [6.07, 6.45) is 20.1. The van der Waals surface area contributed by atoms with Crippen molar-refractivity contribution in [2.24, 2.45) is 17.3 Å². The van der Waals surface area contributed by atoms with Gasteiger partial charge in [-0.2, -0.15) is 0 Å². The first-order chi connectivity index (χ1) is 24.6. The minimum Gasteiger partial charge on any atom is -0.465 e. The van der Waals surface area contributed by atoms with Crippen LogP contribution in [0.3, 0.4) is 0 Å². The molecule has 0 heterocycles. The van der Waals surface area contributed by atoms with Crippen molar-refractivity contribution in [1.29, 1.82) is 0 Å². The number of unbranched alkanes of at least 4 members (excludes halogenated alkanes) is 11. The first-order valence-electron chi connectivity index (χ1n) is 20.9. The summed E-state index contributed by atoms with van der Waals surface area (Å²) in [5.74, 6) is -1.81. The molecule has 0 aliphatic carbocycles. The Kier molecular flexibility index (Phi) is 31.1. The van der Waals surface area contributed by atoms with Gasteiger partial charge in [0.1, 0.15) is 31.8 Å². The molecule has 0 amide bonds. The maximum Gasteiger partial charge on any atom is 0.308 e. The van der Waals surface area contributed by atoms with Crippen molar-refractivity contribution in [2.75, 3.05) is 47.1 Å². The molecule has 0 saturated carbocycles. The van der Waals surface area contributed by atoms with E-state index in [1.165, 1.54) is 0 Å². The van der Waals surface area contributed by atoms with E-state index in [1.54, 1.807) is 0 Å². The third kappa shape index (κ3) is 26.3. The molecule has 0 aromatic carbocycles. The molecule has 51 heavy (non-hydrogen) atoms. The Bertz CT molecular complexity index is 832. The van der Waals surface area contributed by atoms with Crippen LogP contribution in [0.2, 0.25) is 0 Å². The van der Waals surface area contributed by atoms with Crippen LogP contribution in [-0.2, 0) is 38.1 Å². The number of carbonyl (C=O) groups excluding carboxylic acids is 4. The number of rotatable bonds is 35. The van der Waals surface area contributed by atoms with Gasteiger partial charge in [-0.15, -0.1) is 0 Å². The zero-order valence-corrected chi connectivity index (χ0v) is 34.2. The summed E-state index contributed by atoms with van der Waals surface area (Å²) in [7, 11) is 3.90. The van der Waals surface area contributed by atoms with Gasteiger partial charge in [0.05, 0.1) is 11.8 Å². The quantitative estimate of drug-likeness (QED) is 0.0358. The Morgan fingerprint density at radius 2 is 0.784 bits per heavy atom. The molecule has 0 N–H and O–H groups in total. The van der Waals surface area contributed by atoms with E-state index in [-0.39, 0.29) is 69.0 Å². The van der Waals surface area contributed by atoms with Crippen LogP contribution < -0.4 is 0 Å². The van der Waals surface area contributed by atoms with E-state index in [1.807, 2.05) is 19.0 Å². The van der Waals surface area contributed by atoms with Gasteiger partial charge >= 0.3 is 23.9 Å². The van der Waals surface area contributed by atoms with Crippen LogP contribution in [0, 0.1) is 17.3 Å². The molecule has 0 aliphatic rings. The van der Waals surface area contributed by atoms with Gasteiger partial charge < -0.3 is 23.8 Å². The summed E-state index contributed by atoms with van der Waals surface area (Å²) in [5, 5.41) is 0. The van der Waals surface area contributed by atoms with Crippen molar-refractivity contribution in [3.8, 4) is 0 Å². The normalized spacial score (nSPS) is 11.7. The van der Waals surface area contributed by atoms with Crippen LogP contribution in [0.25, 0.3) is 0 Å². The molecular weight excluding hydrogens is 646 g/mol. The molecule has 9 nitrogen and oxygen atoms in total. The summed E-state index contributed by atoms with van der Waals surface area (Å²) in [6, 6.07) is 0. The predicted octanol–water partition coefficient (Wildman–Crippen LogP) is 10.0. The summed E-state index contributed by atoms with van der Waals surface area (Å²) < 4.78 is 23.7. The van der Waals surface area contributed by atoms with Crippen molar-refractivity contribution in [3.05, 3.63) is 0 Å². The second-order valence-corrected chi connectivity index (χ2v) is 15.1. The third-order valence-corrected chi connectivity index (χ3v) is 9.63. The molecule has 0 atom stereocenters. The van der Waals surface area contributed by atoms with Crippen LogP contribution in [0.4, 0.5) is 0 Å². The molecule has 0 aromatic heterocycles. The van der Waals surface area contributed by atoms with Gasteiger partial charge in [0.15, 0.2) is 0 Å². The average molecular weight is 726 g/mol. The lowest BCUT2D eigenvalue weighted by atomic mass is 9.91. The highest BCUT2D eigenvalue weighted by atomic mass is 16.6. The van der Waals surface area contributed by atoms with E-state index >= 15 is 0 Å². The Balaban J connectivity index is 6.28. The third-order valence-electron chi connectivity index (χ3n) is 9.63. The lowest BCUT2D eigenvalue weighted by Crippen LogP contribution is -2.44. The topological polar surface area (TPSA) is 108 Å². The van der Waals surface area contributed by atoms with E-state index < -0.39 is 11.4 Å². The molecule has 0 aliphatic heterocycles. The van der Waals surface area contributed by atoms with Gasteiger partial charge in [-0.05, 0) is 59.2 Å². The molecule has 0 saturated heterocycles. The number of esters is 4. The van der Waals surface area contributed by atoms with E-state index in [0.29, 0.717) is 6.42 Å². The second-order valence-electron chi connectivity index (χ2n) is 15.1. The molecule has 0 aromatic rings. The van der Waals surface area contributed by atoms with Gasteiger partial charge in [0, 0.05) is 12.8 Å². The highest BCUT2D eigenvalue weighted by Gasteiger charge is 2.39. The van der Waals surface area contributed by atoms with Gasteiger partial charge in [-0.3, -0.25) is 19.2 Å². The van der Waals surface area contributed by atoms with Gasteiger partial charge in [-0.25, -0.2) is 0 Å². The van der Waals surface area contributed by atoms with Crippen molar-refractivity contribution in [1.82, 2.24) is 4.90 Å². The largest absolute Gasteiger partial charge is 0.465 e. The molecule has 0 unspecified atom stereocenters. The van der Waals surface area contributed by atoms with Crippen LogP contribution in [0.5, 0.6) is 0 Å². The summed E-state index contributed by atoms with van der Waals surface area (Å²) >= 11 is 0. The Labute approximate surface area is 313 Å². The summed E-state index contributed by atoms with van der Waals surface area (Å²) in [6.45, 7) is 10.7. The van der Waals surface area contributed by atoms with Crippen LogP contribution in [0.15, 0.2) is 0 Å². The van der Waals surface area contributed by atoms with E-state index in [2.05, 4.69) is 34.6 Å². The molecule has 0 radical (unpaired) electrons. The fourth-order valence-electron chi connectivity index (χ4n) is 6.10. The smallest absolute Gasteiger partial charge is 0.308 e. The lowest BCUT2D eigenvalue weighted by molar-refractivity contribution is -0.174. The SMILES string of the molecule is CCCCCCC(=O)OCC(COC(=O)CCCN(C)C)(COC(=O)C(CCCCC)CCCCC)COC(=O)C(CCCCC)CCCCC. The second kappa shape index (κ2) is 32.5. The zero-order chi connectivity index (χ0) is 38.2. The first kappa shape index (κ1) is 48.8. The lowest BCUT2D eigenvalue weighted by Gasteiger charge is -2.33. The molecule has 0 spiro atoms. The van der Waals surface area contributed by atoms with Crippen LogP contribution in [-0.4, -0.2) is 75.8 Å². The maximum atomic E-state index is 13.7. The van der Waals surface area contributed by atoms with Gasteiger partial charge in [0.25, 0.3) is 0 Å². The Morgan fingerprint density at radius 1 is 0.451 bits per heavy atom. The Hall–Kier alpha value is -2.16. The minimum atomic E-state index is -1.23. The average Bonchev–Trinajstić information content (AvgIpc) is 3.11. The first-order valence-corrected chi connectivity index (χ1v) is 20.9. The van der Waals surface area contributed by atoms with Crippen molar-refractivity contribution in [2.45, 2.75) is 182 Å². The summed E-state index contributed by atoms with van der Waals surface area (Å²) in [5.41, 5.74) is -1.23. The fraction of sp³-hybridized carbons (Fsp3) is 0.905. The van der Waals surface area contributed by atoms with E-state index in [4.69, 9.17) is 18.9 Å². The molecule has 300 valence electrons. The van der Waals surface area contributed by atoms with E-state index in [0.717, 1.165) is 135 Å². The number of hydrogen-bond donors (Lipinski definition) is 0. The number of ether oxygens (including phenoxy) is 4. The van der Waals surface area contributed by atoms with Crippen LogP contribution >= 0.6 is 0 Å². The molecule has 0 rings (SSSR count).